The highest BCUT2D eigenvalue weighted by Crippen LogP contribution is 2.15. The topological polar surface area (TPSA) is 58.4 Å². The fourth-order valence-electron chi connectivity index (χ4n) is 2.67. The number of halogens is 1. The van der Waals surface area contributed by atoms with Gasteiger partial charge >= 0.3 is 0 Å². The predicted octanol–water partition coefficient (Wildman–Crippen LogP) is 2.12. The molecule has 0 aliphatic carbocycles. The first kappa shape index (κ1) is 21.0. The molecule has 0 aromatic heterocycles. The Morgan fingerprint density at radius 3 is 2.90 bits per heavy atom. The highest BCUT2D eigenvalue weighted by Gasteiger charge is 2.15. The Morgan fingerprint density at radius 2 is 2.24 bits per heavy atom. The molecule has 1 amide bonds. The minimum atomic E-state index is -0.342. The van der Waals surface area contributed by atoms with Crippen LogP contribution >= 0.6 is 24.2 Å². The Kier molecular flexibility index (Phi) is 12.6. The third-order valence-corrected chi connectivity index (χ3v) is 4.56. The Bertz CT molecular complexity index is 282. The number of amides is 1. The lowest BCUT2D eigenvalue weighted by Crippen LogP contribution is -2.41. The molecule has 2 atom stereocenters. The second-order valence-corrected chi connectivity index (χ2v) is 6.92. The molecule has 2 unspecified atom stereocenters. The average molecular weight is 338 g/mol. The minimum absolute atomic E-state index is 0. The van der Waals surface area contributed by atoms with E-state index in [1.54, 1.807) is 11.8 Å². The van der Waals surface area contributed by atoms with Crippen LogP contribution in [0.3, 0.4) is 0 Å². The number of thioether (sulfide) groups is 1. The lowest BCUT2D eigenvalue weighted by molar-refractivity contribution is -0.122. The Balaban J connectivity index is 0.00000400. The lowest BCUT2D eigenvalue weighted by atomic mass is 10.0. The quantitative estimate of drug-likeness (QED) is 0.633. The van der Waals surface area contributed by atoms with Crippen LogP contribution in [0.1, 0.15) is 39.0 Å². The summed E-state index contributed by atoms with van der Waals surface area (Å²) in [4.78, 5) is 14.3. The molecule has 1 saturated heterocycles. The van der Waals surface area contributed by atoms with Gasteiger partial charge in [0.2, 0.25) is 5.91 Å². The predicted molar refractivity (Wildman–Crippen MR) is 95.3 cm³/mol. The summed E-state index contributed by atoms with van der Waals surface area (Å²) in [7, 11) is 0. The van der Waals surface area contributed by atoms with Crippen molar-refractivity contribution >= 4 is 30.1 Å². The largest absolute Gasteiger partial charge is 0.355 e. The molecule has 6 heteroatoms. The van der Waals surface area contributed by atoms with Gasteiger partial charge in [0.25, 0.3) is 0 Å². The minimum Gasteiger partial charge on any atom is -0.355 e. The van der Waals surface area contributed by atoms with Crippen LogP contribution in [-0.2, 0) is 4.79 Å². The molecule has 0 bridgehead atoms. The van der Waals surface area contributed by atoms with Crippen LogP contribution in [0.2, 0.25) is 0 Å². The van der Waals surface area contributed by atoms with Crippen LogP contribution in [0.4, 0.5) is 0 Å². The maximum Gasteiger partial charge on any atom is 0.236 e. The van der Waals surface area contributed by atoms with E-state index in [2.05, 4.69) is 17.1 Å². The van der Waals surface area contributed by atoms with E-state index in [9.17, 15) is 4.79 Å². The molecule has 1 aliphatic rings. The van der Waals surface area contributed by atoms with Crippen LogP contribution < -0.4 is 11.1 Å². The van der Waals surface area contributed by atoms with Gasteiger partial charge in [0.15, 0.2) is 0 Å². The van der Waals surface area contributed by atoms with Crippen LogP contribution in [0.5, 0.6) is 0 Å². The van der Waals surface area contributed by atoms with E-state index in [1.165, 1.54) is 32.5 Å². The van der Waals surface area contributed by atoms with Gasteiger partial charge in [0.1, 0.15) is 0 Å². The van der Waals surface area contributed by atoms with Crippen LogP contribution in [0.15, 0.2) is 0 Å². The zero-order valence-corrected chi connectivity index (χ0v) is 15.1. The molecule has 0 aromatic rings. The van der Waals surface area contributed by atoms with Gasteiger partial charge in [0, 0.05) is 13.1 Å². The van der Waals surface area contributed by atoms with E-state index in [0.29, 0.717) is 0 Å². The zero-order chi connectivity index (χ0) is 14.8. The number of rotatable bonds is 9. The first-order valence-electron chi connectivity index (χ1n) is 7.88. The van der Waals surface area contributed by atoms with E-state index in [0.717, 1.165) is 37.5 Å². The lowest BCUT2D eigenvalue weighted by Gasteiger charge is -2.30. The molecule has 3 N–H and O–H groups in total. The van der Waals surface area contributed by atoms with E-state index in [1.807, 2.05) is 6.26 Å². The van der Waals surface area contributed by atoms with Crippen molar-refractivity contribution in [3.8, 4) is 0 Å². The highest BCUT2D eigenvalue weighted by molar-refractivity contribution is 7.98. The van der Waals surface area contributed by atoms with Crippen molar-refractivity contribution in [1.82, 2.24) is 10.2 Å². The highest BCUT2D eigenvalue weighted by atomic mass is 35.5. The number of hydrogen-bond donors (Lipinski definition) is 2. The number of nitrogens with zero attached hydrogens (tertiary/aromatic N) is 1. The van der Waals surface area contributed by atoms with Gasteiger partial charge in [-0.2, -0.15) is 11.8 Å². The summed E-state index contributed by atoms with van der Waals surface area (Å²) in [5, 5.41) is 2.95. The van der Waals surface area contributed by atoms with Gasteiger partial charge in [0.05, 0.1) is 6.04 Å². The smallest absolute Gasteiger partial charge is 0.236 e. The summed E-state index contributed by atoms with van der Waals surface area (Å²) in [5.41, 5.74) is 5.82. The van der Waals surface area contributed by atoms with Crippen molar-refractivity contribution in [3.63, 3.8) is 0 Å². The number of carbonyl (C=O) groups excluding carboxylic acids is 1. The molecule has 1 aliphatic heterocycles. The monoisotopic (exact) mass is 337 g/mol. The molecule has 1 fully saturated rings. The molecule has 0 radical (unpaired) electrons. The second-order valence-electron chi connectivity index (χ2n) is 5.93. The number of nitrogens with two attached hydrogens (primary N) is 1. The number of unbranched alkanes of at least 4 members (excludes halogenated alkanes) is 1. The standard InChI is InChI=1S/C15H31N3OS.ClH/c1-13-6-5-10-18(12-13)9-4-3-8-17-15(19)14(16)7-11-20-2;/h13-14H,3-12,16H2,1-2H3,(H,17,19);1H. The van der Waals surface area contributed by atoms with Crippen LogP contribution in [-0.4, -0.2) is 55.0 Å². The fourth-order valence-corrected chi connectivity index (χ4v) is 3.16. The third kappa shape index (κ3) is 9.61. The Morgan fingerprint density at radius 1 is 1.48 bits per heavy atom. The second kappa shape index (κ2) is 12.6. The molecular weight excluding hydrogens is 306 g/mol. The van der Waals surface area contributed by atoms with E-state index in [4.69, 9.17) is 5.73 Å². The van der Waals surface area contributed by atoms with Crippen molar-refractivity contribution < 1.29 is 4.79 Å². The number of piperidine rings is 1. The number of carbonyl (C=O) groups is 1. The normalized spacial score (nSPS) is 20.6. The summed E-state index contributed by atoms with van der Waals surface area (Å²) in [6.45, 7) is 6.75. The third-order valence-electron chi connectivity index (χ3n) is 3.91. The van der Waals surface area contributed by atoms with Gasteiger partial charge in [-0.25, -0.2) is 0 Å². The molecule has 1 heterocycles. The maximum absolute atomic E-state index is 11.7. The van der Waals surface area contributed by atoms with Gasteiger partial charge in [-0.1, -0.05) is 6.92 Å². The van der Waals surface area contributed by atoms with E-state index >= 15 is 0 Å². The summed E-state index contributed by atoms with van der Waals surface area (Å²) in [5.74, 6) is 1.80. The summed E-state index contributed by atoms with van der Waals surface area (Å²) >= 11 is 1.73. The number of nitrogens with one attached hydrogen (secondary N) is 1. The Labute approximate surface area is 140 Å². The van der Waals surface area contributed by atoms with E-state index < -0.39 is 0 Å². The molecule has 1 rings (SSSR count). The molecule has 4 nitrogen and oxygen atoms in total. The van der Waals surface area contributed by atoms with Crippen LogP contribution in [0, 0.1) is 5.92 Å². The molecule has 21 heavy (non-hydrogen) atoms. The van der Waals surface area contributed by atoms with Gasteiger partial charge < -0.3 is 16.0 Å². The number of likely N-dealkylation sites (tertiary alicyclic amines) is 1. The summed E-state index contributed by atoms with van der Waals surface area (Å²) in [6, 6.07) is -0.342. The van der Waals surface area contributed by atoms with Crippen LogP contribution in [0.25, 0.3) is 0 Å². The zero-order valence-electron chi connectivity index (χ0n) is 13.5. The first-order valence-corrected chi connectivity index (χ1v) is 9.27. The van der Waals surface area contributed by atoms with E-state index in [-0.39, 0.29) is 24.4 Å². The van der Waals surface area contributed by atoms with Gasteiger partial charge in [-0.05, 0) is 63.1 Å². The SMILES string of the molecule is CSCCC(N)C(=O)NCCCCN1CCCC(C)C1.Cl. The van der Waals surface area contributed by atoms with Crippen molar-refractivity contribution in [3.05, 3.63) is 0 Å². The summed E-state index contributed by atoms with van der Waals surface area (Å²) in [6.07, 6.45) is 7.71. The van der Waals surface area contributed by atoms with Crippen molar-refractivity contribution in [2.24, 2.45) is 11.7 Å². The fraction of sp³-hybridized carbons (Fsp3) is 0.933. The Hall–Kier alpha value is 0.0300. The molecule has 0 saturated carbocycles. The number of hydrogen-bond acceptors (Lipinski definition) is 4. The molecule has 0 aromatic carbocycles. The summed E-state index contributed by atoms with van der Waals surface area (Å²) < 4.78 is 0. The van der Waals surface area contributed by atoms with Crippen molar-refractivity contribution in [1.29, 1.82) is 0 Å². The van der Waals surface area contributed by atoms with Crippen molar-refractivity contribution in [2.45, 2.75) is 45.1 Å². The van der Waals surface area contributed by atoms with Gasteiger partial charge in [-0.15, -0.1) is 12.4 Å². The van der Waals surface area contributed by atoms with Gasteiger partial charge in [-0.3, -0.25) is 4.79 Å². The maximum atomic E-state index is 11.7. The molecule has 0 spiro atoms. The molecule has 126 valence electrons. The molecular formula is C15H32ClN3OS. The first-order chi connectivity index (χ1) is 9.63. The van der Waals surface area contributed by atoms with Crippen molar-refractivity contribution in [2.75, 3.05) is 38.2 Å². The average Bonchev–Trinajstić information content (AvgIpc) is 2.44.